The van der Waals surface area contributed by atoms with Crippen molar-refractivity contribution in [2.75, 3.05) is 6.61 Å². The Balaban J connectivity index is 2.60. The van der Waals surface area contributed by atoms with E-state index in [0.717, 1.165) is 0 Å². The smallest absolute Gasteiger partial charge is 0.471 e. The molecule has 0 aliphatic carbocycles. The number of aromatic carboxylic acids is 1. The number of nitrogens with one attached hydrogen (secondary N) is 1. The van der Waals surface area contributed by atoms with Crippen molar-refractivity contribution < 1.29 is 32.6 Å². The second kappa shape index (κ2) is 6.27. The molecule has 1 aromatic carbocycles. The molecule has 0 fully saturated rings. The van der Waals surface area contributed by atoms with Gasteiger partial charge in [0.2, 0.25) is 0 Å². The maximum absolute atomic E-state index is 12.0. The third kappa shape index (κ3) is 4.45. The number of ether oxygens (including phenoxy) is 1. The van der Waals surface area contributed by atoms with Crippen molar-refractivity contribution in [3.8, 4) is 5.75 Å². The summed E-state index contributed by atoms with van der Waals surface area (Å²) in [6.07, 6.45) is -4.97. The molecule has 1 unspecified atom stereocenters. The summed E-state index contributed by atoms with van der Waals surface area (Å²) in [5, 5.41) is 10.6. The van der Waals surface area contributed by atoms with Gasteiger partial charge in [-0.1, -0.05) is 12.1 Å². The highest BCUT2D eigenvalue weighted by Gasteiger charge is 2.39. The number of carboxylic acids is 1. The molecule has 0 radical (unpaired) electrons. The Labute approximate surface area is 112 Å². The third-order valence-electron chi connectivity index (χ3n) is 2.24. The predicted molar refractivity (Wildman–Crippen MR) is 62.6 cm³/mol. The van der Waals surface area contributed by atoms with Crippen molar-refractivity contribution in [3.63, 3.8) is 0 Å². The van der Waals surface area contributed by atoms with E-state index in [2.05, 4.69) is 0 Å². The largest absolute Gasteiger partial charge is 0.491 e. The molecule has 0 bridgehead atoms. The van der Waals surface area contributed by atoms with Gasteiger partial charge in [0.25, 0.3) is 0 Å². The average molecular weight is 291 g/mol. The number of benzene rings is 1. The second-order valence-electron chi connectivity index (χ2n) is 3.98. The predicted octanol–water partition coefficient (Wildman–Crippen LogP) is 1.83. The first-order valence-electron chi connectivity index (χ1n) is 5.54. The Kier molecular flexibility index (Phi) is 4.95. The third-order valence-corrected chi connectivity index (χ3v) is 2.24. The zero-order valence-electron chi connectivity index (χ0n) is 10.4. The fourth-order valence-electron chi connectivity index (χ4n) is 1.33. The topological polar surface area (TPSA) is 75.6 Å². The molecule has 0 heterocycles. The maximum Gasteiger partial charge on any atom is 0.471 e. The molecule has 110 valence electrons. The lowest BCUT2D eigenvalue weighted by molar-refractivity contribution is -0.174. The molecule has 0 spiro atoms. The van der Waals surface area contributed by atoms with Crippen molar-refractivity contribution in [3.05, 3.63) is 29.8 Å². The summed E-state index contributed by atoms with van der Waals surface area (Å²) < 4.78 is 41.1. The highest BCUT2D eigenvalue weighted by atomic mass is 19.4. The van der Waals surface area contributed by atoms with Crippen LogP contribution in [0.5, 0.6) is 5.75 Å². The van der Waals surface area contributed by atoms with Crippen molar-refractivity contribution >= 4 is 11.9 Å². The van der Waals surface area contributed by atoms with Gasteiger partial charge < -0.3 is 15.2 Å². The molecule has 5 nitrogen and oxygen atoms in total. The van der Waals surface area contributed by atoms with Gasteiger partial charge in [0.15, 0.2) is 0 Å². The number of carboxylic acid groups (broad SMARTS) is 1. The molecule has 0 aliphatic heterocycles. The van der Waals surface area contributed by atoms with Crippen LogP contribution >= 0.6 is 0 Å². The Bertz CT molecular complexity index is 502. The monoisotopic (exact) mass is 291 g/mol. The minimum atomic E-state index is -4.97. The van der Waals surface area contributed by atoms with Crippen LogP contribution in [0.2, 0.25) is 0 Å². The summed E-state index contributed by atoms with van der Waals surface area (Å²) in [4.78, 5) is 21.6. The number of hydrogen-bond donors (Lipinski definition) is 2. The summed E-state index contributed by atoms with van der Waals surface area (Å²) in [6.45, 7) is 1.03. The van der Waals surface area contributed by atoms with Gasteiger partial charge in [-0.05, 0) is 19.1 Å². The number of alkyl halides is 3. The van der Waals surface area contributed by atoms with Crippen LogP contribution in [-0.2, 0) is 4.79 Å². The lowest BCUT2D eigenvalue weighted by Gasteiger charge is -2.16. The van der Waals surface area contributed by atoms with Crippen LogP contribution in [0.15, 0.2) is 24.3 Å². The number of carbonyl (C=O) groups is 2. The van der Waals surface area contributed by atoms with E-state index in [4.69, 9.17) is 9.84 Å². The molecule has 0 aliphatic rings. The fourth-order valence-corrected chi connectivity index (χ4v) is 1.33. The van der Waals surface area contributed by atoms with Crippen LogP contribution in [0, 0.1) is 0 Å². The molecule has 2 N–H and O–H groups in total. The standard InChI is InChI=1S/C12H12F3NO4/c1-7(16-11(19)12(13,14)15)6-20-9-5-3-2-4-8(9)10(17)18/h2-5,7H,6H2,1H3,(H,16,19)(H,17,18). The maximum atomic E-state index is 12.0. The van der Waals surface area contributed by atoms with Crippen LogP contribution in [0.1, 0.15) is 17.3 Å². The molecular weight excluding hydrogens is 279 g/mol. The number of para-hydroxylation sites is 1. The minimum absolute atomic E-state index is 0.0214. The van der Waals surface area contributed by atoms with Gasteiger partial charge >= 0.3 is 18.1 Å². The molecule has 1 aromatic rings. The van der Waals surface area contributed by atoms with Gasteiger partial charge in [-0.25, -0.2) is 4.79 Å². The number of halogens is 3. The van der Waals surface area contributed by atoms with Gasteiger partial charge in [0.1, 0.15) is 17.9 Å². The summed E-state index contributed by atoms with van der Waals surface area (Å²) in [6, 6.07) is 4.77. The van der Waals surface area contributed by atoms with Crippen molar-refractivity contribution in [2.24, 2.45) is 0 Å². The van der Waals surface area contributed by atoms with Gasteiger partial charge in [-0.15, -0.1) is 0 Å². The Morgan fingerprint density at radius 2 is 1.95 bits per heavy atom. The molecule has 20 heavy (non-hydrogen) atoms. The zero-order chi connectivity index (χ0) is 15.3. The average Bonchev–Trinajstić information content (AvgIpc) is 2.35. The van der Waals surface area contributed by atoms with Gasteiger partial charge in [-0.2, -0.15) is 13.2 Å². The zero-order valence-corrected chi connectivity index (χ0v) is 10.4. The summed E-state index contributed by atoms with van der Waals surface area (Å²) in [5.41, 5.74) is -0.109. The number of carbonyl (C=O) groups excluding carboxylic acids is 1. The highest BCUT2D eigenvalue weighted by Crippen LogP contribution is 2.18. The van der Waals surface area contributed by atoms with Crippen molar-refractivity contribution in [1.29, 1.82) is 0 Å². The van der Waals surface area contributed by atoms with Crippen LogP contribution < -0.4 is 10.1 Å². The number of hydrogen-bond acceptors (Lipinski definition) is 3. The molecule has 0 aromatic heterocycles. The van der Waals surface area contributed by atoms with Crippen LogP contribution in [0.3, 0.4) is 0 Å². The molecule has 8 heteroatoms. The van der Waals surface area contributed by atoms with E-state index in [9.17, 15) is 22.8 Å². The van der Waals surface area contributed by atoms with E-state index in [-0.39, 0.29) is 17.9 Å². The lowest BCUT2D eigenvalue weighted by Crippen LogP contribution is -2.44. The summed E-state index contributed by atoms with van der Waals surface area (Å²) >= 11 is 0. The van der Waals surface area contributed by atoms with Crippen LogP contribution in [-0.4, -0.2) is 35.8 Å². The van der Waals surface area contributed by atoms with Crippen molar-refractivity contribution in [2.45, 2.75) is 19.1 Å². The summed E-state index contributed by atoms with van der Waals surface area (Å²) in [5.74, 6) is -3.26. The number of amides is 1. The minimum Gasteiger partial charge on any atom is -0.491 e. The first kappa shape index (κ1) is 15.8. The van der Waals surface area contributed by atoms with Gasteiger partial charge in [-0.3, -0.25) is 4.79 Å². The Morgan fingerprint density at radius 3 is 2.50 bits per heavy atom. The second-order valence-corrected chi connectivity index (χ2v) is 3.98. The van der Waals surface area contributed by atoms with E-state index >= 15 is 0 Å². The van der Waals surface area contributed by atoms with E-state index < -0.39 is 24.1 Å². The first-order valence-corrected chi connectivity index (χ1v) is 5.54. The lowest BCUT2D eigenvalue weighted by atomic mass is 10.2. The SMILES string of the molecule is CC(COc1ccccc1C(=O)O)NC(=O)C(F)(F)F. The number of rotatable bonds is 5. The normalized spacial score (nSPS) is 12.6. The Hall–Kier alpha value is -2.25. The van der Waals surface area contributed by atoms with E-state index in [1.807, 2.05) is 0 Å². The Morgan fingerprint density at radius 1 is 1.35 bits per heavy atom. The van der Waals surface area contributed by atoms with Gasteiger partial charge in [0, 0.05) is 0 Å². The quantitative estimate of drug-likeness (QED) is 0.868. The highest BCUT2D eigenvalue weighted by molar-refractivity contribution is 5.90. The summed E-state index contributed by atoms with van der Waals surface area (Å²) in [7, 11) is 0. The van der Waals surface area contributed by atoms with Crippen LogP contribution in [0.4, 0.5) is 13.2 Å². The van der Waals surface area contributed by atoms with E-state index in [1.54, 1.807) is 5.32 Å². The molecular formula is C12H12F3NO4. The van der Waals surface area contributed by atoms with Gasteiger partial charge in [0.05, 0.1) is 6.04 Å². The first-order chi connectivity index (χ1) is 9.21. The molecule has 1 atom stereocenters. The van der Waals surface area contributed by atoms with E-state index in [0.29, 0.717) is 0 Å². The van der Waals surface area contributed by atoms with E-state index in [1.165, 1.54) is 31.2 Å². The van der Waals surface area contributed by atoms with Crippen LogP contribution in [0.25, 0.3) is 0 Å². The molecule has 0 saturated carbocycles. The molecule has 0 saturated heterocycles. The van der Waals surface area contributed by atoms with Crippen molar-refractivity contribution in [1.82, 2.24) is 5.32 Å². The molecule has 1 amide bonds. The molecule has 1 rings (SSSR count). The fraction of sp³-hybridized carbons (Fsp3) is 0.333.